The van der Waals surface area contributed by atoms with Gasteiger partial charge in [0.2, 0.25) is 0 Å². The number of fused-ring (bicyclic) bond motifs is 1. The van der Waals surface area contributed by atoms with Crippen molar-refractivity contribution in [2.24, 2.45) is 0 Å². The fraction of sp³-hybridized carbons (Fsp3) is 0. The average Bonchev–Trinajstić information content (AvgIpc) is 2.19. The van der Waals surface area contributed by atoms with Crippen LogP contribution in [0.1, 0.15) is 0 Å². The second-order valence-corrected chi connectivity index (χ2v) is 2.19. The van der Waals surface area contributed by atoms with Gasteiger partial charge in [0.1, 0.15) is 6.33 Å². The van der Waals surface area contributed by atoms with Crippen molar-refractivity contribution in [3.05, 3.63) is 36.8 Å². The zero-order valence-corrected chi connectivity index (χ0v) is 6.79. The predicted octanol–water partition coefficient (Wildman–Crippen LogP) is 1.33. The molecule has 0 atom stereocenters. The molecular weight excluding hydrogens is 168 g/mol. The molecule has 4 nitrogen and oxygen atoms in total. The van der Waals surface area contributed by atoms with Crippen LogP contribution in [0.15, 0.2) is 36.8 Å². The molecular formula is C9H8N2O2. The summed E-state index contributed by atoms with van der Waals surface area (Å²) < 4.78 is 0. The van der Waals surface area contributed by atoms with Gasteiger partial charge in [0.15, 0.2) is 0 Å². The molecule has 0 spiro atoms. The molecule has 0 bridgehead atoms. The highest BCUT2D eigenvalue weighted by molar-refractivity contribution is 5.76. The smallest absolute Gasteiger partial charge is 0.290 e. The number of hydrogen-bond donors (Lipinski definition) is 1. The van der Waals surface area contributed by atoms with E-state index in [4.69, 9.17) is 9.90 Å². The number of benzene rings is 1. The van der Waals surface area contributed by atoms with Crippen molar-refractivity contribution in [3.63, 3.8) is 0 Å². The molecule has 2 aromatic rings. The molecule has 1 aromatic carbocycles. The molecule has 1 aromatic heterocycles. The molecule has 0 saturated heterocycles. The molecule has 66 valence electrons. The fourth-order valence-electron chi connectivity index (χ4n) is 0.923. The van der Waals surface area contributed by atoms with Gasteiger partial charge in [-0.3, -0.25) is 4.79 Å². The first-order valence-corrected chi connectivity index (χ1v) is 3.61. The van der Waals surface area contributed by atoms with E-state index in [9.17, 15) is 0 Å². The van der Waals surface area contributed by atoms with Gasteiger partial charge in [-0.15, -0.1) is 0 Å². The van der Waals surface area contributed by atoms with Gasteiger partial charge in [-0.25, -0.2) is 9.97 Å². The van der Waals surface area contributed by atoms with E-state index in [2.05, 4.69) is 9.97 Å². The third-order valence-electron chi connectivity index (χ3n) is 1.41. The van der Waals surface area contributed by atoms with Crippen molar-refractivity contribution >= 4 is 17.4 Å². The van der Waals surface area contributed by atoms with E-state index >= 15 is 0 Å². The summed E-state index contributed by atoms with van der Waals surface area (Å²) in [6, 6.07) is 7.91. The van der Waals surface area contributed by atoms with Crippen molar-refractivity contribution in [3.8, 4) is 0 Å². The van der Waals surface area contributed by atoms with Gasteiger partial charge in [-0.2, -0.15) is 0 Å². The van der Waals surface area contributed by atoms with Crippen molar-refractivity contribution in [1.29, 1.82) is 0 Å². The highest BCUT2D eigenvalue weighted by Crippen LogP contribution is 2.06. The van der Waals surface area contributed by atoms with Crippen molar-refractivity contribution in [2.75, 3.05) is 0 Å². The average molecular weight is 176 g/mol. The molecule has 0 radical (unpaired) electrons. The molecule has 1 heterocycles. The summed E-state index contributed by atoms with van der Waals surface area (Å²) in [5.74, 6) is 0. The van der Waals surface area contributed by atoms with Crippen LogP contribution >= 0.6 is 0 Å². The maximum absolute atomic E-state index is 8.36. The Hall–Kier alpha value is -1.97. The Bertz CT molecular complexity index is 325. The lowest BCUT2D eigenvalue weighted by atomic mass is 10.2. The van der Waals surface area contributed by atoms with E-state index in [1.54, 1.807) is 6.33 Å². The minimum absolute atomic E-state index is 0.250. The van der Waals surface area contributed by atoms with E-state index < -0.39 is 0 Å². The molecule has 4 heteroatoms. The van der Waals surface area contributed by atoms with Crippen LogP contribution < -0.4 is 0 Å². The number of para-hydroxylation sites is 1. The Morgan fingerprint density at radius 3 is 2.69 bits per heavy atom. The van der Waals surface area contributed by atoms with Gasteiger partial charge < -0.3 is 5.11 Å². The fourth-order valence-corrected chi connectivity index (χ4v) is 0.923. The summed E-state index contributed by atoms with van der Waals surface area (Å²) in [5, 5.41) is 7.98. The quantitative estimate of drug-likeness (QED) is 0.615. The summed E-state index contributed by atoms with van der Waals surface area (Å²) in [4.78, 5) is 16.3. The Kier molecular flexibility index (Phi) is 3.38. The van der Waals surface area contributed by atoms with Gasteiger partial charge in [-0.1, -0.05) is 18.2 Å². The monoisotopic (exact) mass is 176 g/mol. The highest BCUT2D eigenvalue weighted by Gasteiger charge is 1.87. The van der Waals surface area contributed by atoms with Crippen LogP contribution in [-0.2, 0) is 4.79 Å². The van der Waals surface area contributed by atoms with Crippen molar-refractivity contribution < 1.29 is 9.90 Å². The van der Waals surface area contributed by atoms with Crippen LogP contribution in [-0.4, -0.2) is 21.5 Å². The predicted molar refractivity (Wildman–Crippen MR) is 48.2 cm³/mol. The van der Waals surface area contributed by atoms with Crippen LogP contribution in [0, 0.1) is 0 Å². The van der Waals surface area contributed by atoms with Crippen LogP contribution in [0.2, 0.25) is 0 Å². The summed E-state index contributed by atoms with van der Waals surface area (Å²) in [7, 11) is 0. The molecule has 0 amide bonds. The standard InChI is InChI=1S/C8H6N2.CH2O2/c1-2-4-8-7(3-1)5-9-6-10-8;2-1-3/h1-6H;1H,(H,2,3). The third kappa shape index (κ3) is 2.52. The molecule has 2 rings (SSSR count). The molecule has 0 saturated carbocycles. The lowest BCUT2D eigenvalue weighted by Crippen LogP contribution is -1.77. The normalized spacial score (nSPS) is 8.62. The van der Waals surface area contributed by atoms with Gasteiger partial charge in [-0.05, 0) is 6.07 Å². The van der Waals surface area contributed by atoms with Crippen LogP contribution in [0.3, 0.4) is 0 Å². The Labute approximate surface area is 74.9 Å². The van der Waals surface area contributed by atoms with E-state index in [0.717, 1.165) is 10.9 Å². The second-order valence-electron chi connectivity index (χ2n) is 2.19. The number of nitrogens with zero attached hydrogens (tertiary/aromatic N) is 2. The zero-order chi connectivity index (χ0) is 9.52. The van der Waals surface area contributed by atoms with E-state index in [1.807, 2.05) is 30.5 Å². The second kappa shape index (κ2) is 4.82. The van der Waals surface area contributed by atoms with Crippen molar-refractivity contribution in [1.82, 2.24) is 9.97 Å². The minimum Gasteiger partial charge on any atom is -0.483 e. The van der Waals surface area contributed by atoms with Crippen LogP contribution in [0.4, 0.5) is 0 Å². The first kappa shape index (κ1) is 9.12. The zero-order valence-electron chi connectivity index (χ0n) is 6.79. The lowest BCUT2D eigenvalue weighted by molar-refractivity contribution is -0.122. The van der Waals surface area contributed by atoms with Crippen LogP contribution in [0.25, 0.3) is 10.9 Å². The van der Waals surface area contributed by atoms with E-state index in [1.165, 1.54) is 0 Å². The van der Waals surface area contributed by atoms with Crippen molar-refractivity contribution in [2.45, 2.75) is 0 Å². The first-order valence-electron chi connectivity index (χ1n) is 3.61. The summed E-state index contributed by atoms with van der Waals surface area (Å²) in [6.07, 6.45) is 3.37. The highest BCUT2D eigenvalue weighted by atomic mass is 16.3. The Morgan fingerprint density at radius 2 is 2.00 bits per heavy atom. The minimum atomic E-state index is -0.250. The lowest BCUT2D eigenvalue weighted by Gasteiger charge is -1.90. The van der Waals surface area contributed by atoms with Gasteiger partial charge in [0, 0.05) is 11.6 Å². The maximum Gasteiger partial charge on any atom is 0.290 e. The largest absolute Gasteiger partial charge is 0.483 e. The maximum atomic E-state index is 8.36. The van der Waals surface area contributed by atoms with Crippen LogP contribution in [0.5, 0.6) is 0 Å². The topological polar surface area (TPSA) is 63.1 Å². The summed E-state index contributed by atoms with van der Waals surface area (Å²) in [5.41, 5.74) is 0.998. The molecule has 0 aliphatic rings. The molecule has 1 N–H and O–H groups in total. The van der Waals surface area contributed by atoms with Gasteiger partial charge in [0.25, 0.3) is 6.47 Å². The SMILES string of the molecule is O=CO.c1ccc2ncncc2c1. The Balaban J connectivity index is 0.000000251. The molecule has 0 aliphatic heterocycles. The number of rotatable bonds is 0. The molecule has 13 heavy (non-hydrogen) atoms. The molecule has 0 unspecified atom stereocenters. The number of carbonyl (C=O) groups is 1. The molecule has 0 aliphatic carbocycles. The molecule has 0 fully saturated rings. The van der Waals surface area contributed by atoms with E-state index in [0.29, 0.717) is 0 Å². The van der Waals surface area contributed by atoms with Gasteiger partial charge >= 0.3 is 0 Å². The third-order valence-corrected chi connectivity index (χ3v) is 1.41. The number of carboxylic acid groups (broad SMARTS) is 1. The summed E-state index contributed by atoms with van der Waals surface area (Å²) in [6.45, 7) is -0.250. The van der Waals surface area contributed by atoms with E-state index in [-0.39, 0.29) is 6.47 Å². The number of hydrogen-bond acceptors (Lipinski definition) is 3. The number of aromatic nitrogens is 2. The first-order chi connectivity index (χ1) is 6.38. The summed E-state index contributed by atoms with van der Waals surface area (Å²) >= 11 is 0. The van der Waals surface area contributed by atoms with Gasteiger partial charge in [0.05, 0.1) is 5.52 Å². The Morgan fingerprint density at radius 1 is 1.31 bits per heavy atom.